The first kappa shape index (κ1) is 20.2. The molecule has 0 spiro atoms. The fraction of sp³-hybridized carbons (Fsp3) is 0.389. The van der Waals surface area contributed by atoms with Crippen LogP contribution in [-0.2, 0) is 11.3 Å². The Bertz CT molecular complexity index is 739. The van der Waals surface area contributed by atoms with Gasteiger partial charge in [0.1, 0.15) is 6.26 Å². The number of piperazine rings is 1. The van der Waals surface area contributed by atoms with E-state index in [1.807, 2.05) is 35.2 Å². The summed E-state index contributed by atoms with van der Waals surface area (Å²) in [5.41, 5.74) is 1.78. The van der Waals surface area contributed by atoms with E-state index in [1.165, 1.54) is 0 Å². The highest BCUT2D eigenvalue weighted by Gasteiger charge is 2.21. The molecule has 1 aromatic carbocycles. The number of carbonyl (C=O) groups is 1. The number of nitrogens with zero attached hydrogens (tertiary/aromatic N) is 4. The molecule has 0 unspecified atom stereocenters. The lowest BCUT2D eigenvalue weighted by Crippen LogP contribution is -2.53. The maximum atomic E-state index is 11.4. The van der Waals surface area contributed by atoms with E-state index in [4.69, 9.17) is 4.42 Å². The van der Waals surface area contributed by atoms with E-state index < -0.39 is 0 Å². The number of nitrogens with one attached hydrogen (secondary N) is 1. The summed E-state index contributed by atoms with van der Waals surface area (Å²) in [6, 6.07) is 9.82. The van der Waals surface area contributed by atoms with Gasteiger partial charge >= 0.3 is 0 Å². The van der Waals surface area contributed by atoms with E-state index in [-0.39, 0.29) is 29.9 Å². The van der Waals surface area contributed by atoms with Gasteiger partial charge in [-0.1, -0.05) is 18.2 Å². The Morgan fingerprint density at radius 3 is 2.46 bits per heavy atom. The van der Waals surface area contributed by atoms with Crippen LogP contribution in [0.5, 0.6) is 0 Å². The van der Waals surface area contributed by atoms with Crippen molar-refractivity contribution in [1.29, 1.82) is 0 Å². The van der Waals surface area contributed by atoms with Crippen molar-refractivity contribution in [1.82, 2.24) is 20.1 Å². The number of aromatic nitrogens is 1. The Kier molecular flexibility index (Phi) is 7.43. The third kappa shape index (κ3) is 4.96. The van der Waals surface area contributed by atoms with Crippen LogP contribution in [0.1, 0.15) is 12.6 Å². The number of aliphatic imine (C=N–C) groups is 1. The second kappa shape index (κ2) is 9.56. The lowest BCUT2D eigenvalue weighted by atomic mass is 10.2. The van der Waals surface area contributed by atoms with Crippen LogP contribution >= 0.6 is 24.0 Å². The molecular formula is C18H24IN5O2. The average molecular weight is 469 g/mol. The molecule has 1 fully saturated rings. The predicted molar refractivity (Wildman–Crippen MR) is 111 cm³/mol. The van der Waals surface area contributed by atoms with Gasteiger partial charge < -0.3 is 19.5 Å². The van der Waals surface area contributed by atoms with Gasteiger partial charge in [0, 0.05) is 45.7 Å². The Morgan fingerprint density at radius 2 is 1.85 bits per heavy atom. The fourth-order valence-electron chi connectivity index (χ4n) is 2.84. The molecule has 0 aliphatic carbocycles. The lowest BCUT2D eigenvalue weighted by Gasteiger charge is -2.36. The van der Waals surface area contributed by atoms with Crippen molar-refractivity contribution in [3.63, 3.8) is 0 Å². The third-order valence-corrected chi connectivity index (χ3v) is 4.24. The zero-order valence-electron chi connectivity index (χ0n) is 15.0. The van der Waals surface area contributed by atoms with Crippen LogP contribution in [0.3, 0.4) is 0 Å². The fourth-order valence-corrected chi connectivity index (χ4v) is 2.84. The molecule has 1 aliphatic rings. The van der Waals surface area contributed by atoms with Crippen LogP contribution in [0.15, 0.2) is 46.0 Å². The van der Waals surface area contributed by atoms with Gasteiger partial charge in [-0.2, -0.15) is 0 Å². The molecule has 0 saturated carbocycles. The summed E-state index contributed by atoms with van der Waals surface area (Å²) >= 11 is 0. The number of hydrogen-bond donors (Lipinski definition) is 1. The normalized spacial score (nSPS) is 14.8. The molecule has 26 heavy (non-hydrogen) atoms. The maximum absolute atomic E-state index is 11.4. The van der Waals surface area contributed by atoms with Crippen molar-refractivity contribution in [3.8, 4) is 11.5 Å². The van der Waals surface area contributed by atoms with Gasteiger partial charge in [0.15, 0.2) is 5.96 Å². The molecular weight excluding hydrogens is 445 g/mol. The molecule has 140 valence electrons. The molecule has 2 heterocycles. The molecule has 3 rings (SSSR count). The monoisotopic (exact) mass is 469 g/mol. The molecule has 1 saturated heterocycles. The van der Waals surface area contributed by atoms with Crippen LogP contribution in [0, 0.1) is 0 Å². The summed E-state index contributed by atoms with van der Waals surface area (Å²) < 4.78 is 5.55. The van der Waals surface area contributed by atoms with E-state index in [0.29, 0.717) is 12.4 Å². The first-order chi connectivity index (χ1) is 12.2. The van der Waals surface area contributed by atoms with Crippen LogP contribution in [-0.4, -0.2) is 59.9 Å². The zero-order valence-corrected chi connectivity index (χ0v) is 17.3. The van der Waals surface area contributed by atoms with E-state index in [2.05, 4.69) is 20.2 Å². The van der Waals surface area contributed by atoms with Crippen LogP contribution < -0.4 is 5.32 Å². The highest BCUT2D eigenvalue weighted by Crippen LogP contribution is 2.17. The van der Waals surface area contributed by atoms with Gasteiger partial charge in [0.25, 0.3) is 0 Å². The molecule has 1 N–H and O–H groups in total. The molecule has 0 bridgehead atoms. The van der Waals surface area contributed by atoms with Gasteiger partial charge in [-0.3, -0.25) is 9.79 Å². The number of rotatable bonds is 3. The Balaban J connectivity index is 0.00000243. The Hall–Kier alpha value is -2.10. The van der Waals surface area contributed by atoms with E-state index >= 15 is 0 Å². The highest BCUT2D eigenvalue weighted by molar-refractivity contribution is 14.0. The van der Waals surface area contributed by atoms with Gasteiger partial charge in [-0.25, -0.2) is 4.98 Å². The SMILES string of the molecule is CN=C(NCc1coc(-c2ccccc2)n1)N1CCN(C(C)=O)CC1.I. The average Bonchev–Trinajstić information content (AvgIpc) is 3.12. The van der Waals surface area contributed by atoms with Crippen molar-refractivity contribution in [2.75, 3.05) is 33.2 Å². The standard InChI is InChI=1S/C18H23N5O2.HI/c1-14(24)22-8-10-23(11-9-22)18(19-2)20-12-16-13-25-17(21-16)15-6-4-3-5-7-15;/h3-7,13H,8-12H2,1-2H3,(H,19,20);1H. The summed E-state index contributed by atoms with van der Waals surface area (Å²) in [7, 11) is 1.76. The van der Waals surface area contributed by atoms with Gasteiger partial charge in [0.05, 0.1) is 12.2 Å². The number of benzene rings is 1. The van der Waals surface area contributed by atoms with E-state index in [0.717, 1.165) is 43.4 Å². The van der Waals surface area contributed by atoms with Crippen molar-refractivity contribution < 1.29 is 9.21 Å². The van der Waals surface area contributed by atoms with Crippen LogP contribution in [0.25, 0.3) is 11.5 Å². The van der Waals surface area contributed by atoms with Crippen LogP contribution in [0.4, 0.5) is 0 Å². The lowest BCUT2D eigenvalue weighted by molar-refractivity contribution is -0.130. The minimum Gasteiger partial charge on any atom is -0.444 e. The summed E-state index contributed by atoms with van der Waals surface area (Å²) in [4.78, 5) is 24.3. The molecule has 0 atom stereocenters. The first-order valence-corrected chi connectivity index (χ1v) is 8.38. The van der Waals surface area contributed by atoms with Gasteiger partial charge in [-0.05, 0) is 12.1 Å². The minimum atomic E-state index is 0. The second-order valence-corrected chi connectivity index (χ2v) is 5.90. The summed E-state index contributed by atoms with van der Waals surface area (Å²) in [6.07, 6.45) is 1.66. The quantitative estimate of drug-likeness (QED) is 0.424. The van der Waals surface area contributed by atoms with Crippen molar-refractivity contribution in [2.24, 2.45) is 4.99 Å². The van der Waals surface area contributed by atoms with Crippen LogP contribution in [0.2, 0.25) is 0 Å². The smallest absolute Gasteiger partial charge is 0.226 e. The maximum Gasteiger partial charge on any atom is 0.226 e. The Morgan fingerprint density at radius 1 is 1.19 bits per heavy atom. The summed E-state index contributed by atoms with van der Waals surface area (Å²) in [6.45, 7) is 5.13. The van der Waals surface area contributed by atoms with E-state index in [1.54, 1.807) is 20.2 Å². The number of halogens is 1. The zero-order chi connectivity index (χ0) is 17.6. The molecule has 2 aromatic rings. The molecule has 8 heteroatoms. The molecule has 0 radical (unpaired) electrons. The molecule has 1 aliphatic heterocycles. The summed E-state index contributed by atoms with van der Waals surface area (Å²) in [5, 5.41) is 3.31. The van der Waals surface area contributed by atoms with Gasteiger partial charge in [-0.15, -0.1) is 24.0 Å². The summed E-state index contributed by atoms with van der Waals surface area (Å²) in [5.74, 6) is 1.55. The number of amides is 1. The van der Waals surface area contributed by atoms with Crippen molar-refractivity contribution >= 4 is 35.8 Å². The highest BCUT2D eigenvalue weighted by atomic mass is 127. The largest absolute Gasteiger partial charge is 0.444 e. The number of carbonyl (C=O) groups excluding carboxylic acids is 1. The predicted octanol–water partition coefficient (Wildman–Crippen LogP) is 2.20. The number of hydrogen-bond acceptors (Lipinski definition) is 4. The van der Waals surface area contributed by atoms with Gasteiger partial charge in [0.2, 0.25) is 11.8 Å². The van der Waals surface area contributed by atoms with E-state index in [9.17, 15) is 4.79 Å². The number of oxazole rings is 1. The second-order valence-electron chi connectivity index (χ2n) is 5.90. The molecule has 1 aromatic heterocycles. The van der Waals surface area contributed by atoms with Crippen molar-refractivity contribution in [3.05, 3.63) is 42.3 Å². The molecule has 7 nitrogen and oxygen atoms in total. The Labute approximate surface area is 170 Å². The number of guanidine groups is 1. The van der Waals surface area contributed by atoms with Crippen molar-refractivity contribution in [2.45, 2.75) is 13.5 Å². The first-order valence-electron chi connectivity index (χ1n) is 8.38. The molecule has 1 amide bonds. The third-order valence-electron chi connectivity index (χ3n) is 4.24. The topological polar surface area (TPSA) is 74.0 Å². The minimum absolute atomic E-state index is 0.